The van der Waals surface area contributed by atoms with Crippen molar-refractivity contribution in [2.75, 3.05) is 0 Å². The van der Waals surface area contributed by atoms with Crippen LogP contribution in [0, 0.1) is 0 Å². The SMILES string of the molecule is CCCCCCCCCCCCc1ccccc1.O=S(=O)(O)O.S.[Ag].[Ag]. The van der Waals surface area contributed by atoms with Crippen LogP contribution < -0.4 is 0 Å². The first-order valence-corrected chi connectivity index (χ1v) is 10.1. The Morgan fingerprint density at radius 2 is 1.08 bits per heavy atom. The molecule has 0 amide bonds. The quantitative estimate of drug-likeness (QED) is 0.199. The summed E-state index contributed by atoms with van der Waals surface area (Å²) in [6.45, 7) is 2.28. The van der Waals surface area contributed by atoms with Gasteiger partial charge >= 0.3 is 10.4 Å². The van der Waals surface area contributed by atoms with Crippen molar-refractivity contribution in [2.45, 2.75) is 77.6 Å². The largest absolute Gasteiger partial charge is 0.394 e. The maximum absolute atomic E-state index is 8.74. The Kier molecular flexibility index (Phi) is 31.7. The average Bonchev–Trinajstić information content (AvgIpc) is 2.48. The molecule has 8 heteroatoms. The molecule has 0 aliphatic rings. The second-order valence-electron chi connectivity index (χ2n) is 5.87. The van der Waals surface area contributed by atoms with E-state index in [9.17, 15) is 0 Å². The Labute approximate surface area is 198 Å². The molecule has 1 aromatic carbocycles. The smallest absolute Gasteiger partial charge is 0.264 e. The van der Waals surface area contributed by atoms with Crippen LogP contribution in [0.1, 0.15) is 76.7 Å². The van der Waals surface area contributed by atoms with Gasteiger partial charge in [-0.05, 0) is 18.4 Å². The molecule has 0 fully saturated rings. The van der Waals surface area contributed by atoms with Crippen LogP contribution in [0.3, 0.4) is 0 Å². The van der Waals surface area contributed by atoms with Crippen LogP contribution >= 0.6 is 13.5 Å². The maximum atomic E-state index is 8.74. The molecule has 164 valence electrons. The molecule has 0 atom stereocenters. The van der Waals surface area contributed by atoms with E-state index in [0.29, 0.717) is 0 Å². The monoisotopic (exact) mass is 592 g/mol. The fourth-order valence-electron chi connectivity index (χ4n) is 2.46. The van der Waals surface area contributed by atoms with Crippen LogP contribution in [-0.2, 0) is 61.6 Å². The Hall–Kier alpha value is 0.921. The van der Waals surface area contributed by atoms with E-state index in [4.69, 9.17) is 17.5 Å². The number of unbranched alkanes of at least 4 members (excludes halogenated alkanes) is 9. The minimum Gasteiger partial charge on any atom is -0.264 e. The molecular weight excluding hydrogens is 560 g/mol. The first-order chi connectivity index (χ1) is 10.9. The molecule has 0 spiro atoms. The van der Waals surface area contributed by atoms with Crippen molar-refractivity contribution in [3.8, 4) is 0 Å². The van der Waals surface area contributed by atoms with Gasteiger partial charge in [-0.2, -0.15) is 21.9 Å². The van der Waals surface area contributed by atoms with E-state index >= 15 is 0 Å². The van der Waals surface area contributed by atoms with Gasteiger partial charge in [0.15, 0.2) is 0 Å². The van der Waals surface area contributed by atoms with E-state index in [1.54, 1.807) is 0 Å². The van der Waals surface area contributed by atoms with Crippen LogP contribution in [0.5, 0.6) is 0 Å². The molecule has 0 saturated heterocycles. The minimum atomic E-state index is -4.67. The van der Waals surface area contributed by atoms with Crippen molar-refractivity contribution < 1.29 is 62.3 Å². The second-order valence-corrected chi connectivity index (χ2v) is 6.76. The fraction of sp³-hybridized carbons (Fsp3) is 0.667. The van der Waals surface area contributed by atoms with Gasteiger partial charge in [0.25, 0.3) is 0 Å². The van der Waals surface area contributed by atoms with Gasteiger partial charge in [-0.15, -0.1) is 0 Å². The van der Waals surface area contributed by atoms with Crippen molar-refractivity contribution in [3.05, 3.63) is 35.9 Å². The molecule has 0 heterocycles. The number of aryl methyl sites for hydroxylation is 1. The van der Waals surface area contributed by atoms with Gasteiger partial charge in [-0.1, -0.05) is 95.0 Å². The Morgan fingerprint density at radius 1 is 0.731 bits per heavy atom. The summed E-state index contributed by atoms with van der Waals surface area (Å²) >= 11 is 0. The number of benzene rings is 1. The van der Waals surface area contributed by atoms with Crippen LogP contribution in [0.2, 0.25) is 0 Å². The van der Waals surface area contributed by atoms with Gasteiger partial charge < -0.3 is 0 Å². The molecule has 0 saturated carbocycles. The normalized spacial score (nSPS) is 9.65. The fourth-order valence-corrected chi connectivity index (χ4v) is 2.46. The molecule has 0 aliphatic heterocycles. The molecule has 0 aliphatic carbocycles. The third-order valence-electron chi connectivity index (χ3n) is 3.66. The van der Waals surface area contributed by atoms with Crippen molar-refractivity contribution in [1.29, 1.82) is 0 Å². The van der Waals surface area contributed by atoms with Crippen LogP contribution in [-0.4, -0.2) is 17.5 Å². The van der Waals surface area contributed by atoms with Crippen molar-refractivity contribution >= 4 is 23.9 Å². The molecule has 4 nitrogen and oxygen atoms in total. The van der Waals surface area contributed by atoms with Crippen LogP contribution in [0.15, 0.2) is 30.3 Å². The van der Waals surface area contributed by atoms with Gasteiger partial charge in [0.05, 0.1) is 0 Å². The summed E-state index contributed by atoms with van der Waals surface area (Å²) in [6.07, 6.45) is 15.5. The molecular formula is C18H34Ag2O4S2. The third kappa shape index (κ3) is 32.6. The predicted octanol–water partition coefficient (Wildman–Crippen LogP) is 5.61. The molecule has 0 aromatic heterocycles. The molecule has 1 rings (SSSR count). The zero-order valence-corrected chi connectivity index (χ0v) is 20.2. The molecule has 0 unspecified atom stereocenters. The van der Waals surface area contributed by atoms with Crippen molar-refractivity contribution in [3.63, 3.8) is 0 Å². The molecule has 0 bridgehead atoms. The van der Waals surface area contributed by atoms with Crippen molar-refractivity contribution in [1.82, 2.24) is 0 Å². The summed E-state index contributed by atoms with van der Waals surface area (Å²) in [5.41, 5.74) is 1.50. The summed E-state index contributed by atoms with van der Waals surface area (Å²) < 4.78 is 31.6. The van der Waals surface area contributed by atoms with Gasteiger partial charge in [-0.25, -0.2) is 0 Å². The predicted molar refractivity (Wildman–Crippen MR) is 107 cm³/mol. The maximum Gasteiger partial charge on any atom is 0.394 e. The zero-order chi connectivity index (χ0) is 17.4. The standard InChI is InChI=1S/C18H30.2Ag.H2O4S.H2S/c1-2-3-4-5-6-7-8-9-10-12-15-18-16-13-11-14-17-18;;;1-5(2,3)4;/h11,13-14,16-17H,2-10,12,15H2,1H3;;;(H2,1,2,3,4);1H2. The number of hydrogen-bond donors (Lipinski definition) is 2. The van der Waals surface area contributed by atoms with Crippen LogP contribution in [0.4, 0.5) is 0 Å². The van der Waals surface area contributed by atoms with E-state index in [1.165, 1.54) is 76.2 Å². The average molecular weight is 594 g/mol. The van der Waals surface area contributed by atoms with E-state index in [-0.39, 0.29) is 58.3 Å². The summed E-state index contributed by atoms with van der Waals surface area (Å²) in [5, 5.41) is 0. The summed E-state index contributed by atoms with van der Waals surface area (Å²) in [6, 6.07) is 10.9. The van der Waals surface area contributed by atoms with E-state index in [1.807, 2.05) is 0 Å². The van der Waals surface area contributed by atoms with Gasteiger partial charge in [0, 0.05) is 44.8 Å². The van der Waals surface area contributed by atoms with E-state index < -0.39 is 10.4 Å². The Morgan fingerprint density at radius 3 is 1.46 bits per heavy atom. The molecule has 2 radical (unpaired) electrons. The Bertz CT molecular complexity index is 463. The van der Waals surface area contributed by atoms with Gasteiger partial charge in [0.2, 0.25) is 0 Å². The topological polar surface area (TPSA) is 74.6 Å². The molecule has 26 heavy (non-hydrogen) atoms. The molecule has 2 N–H and O–H groups in total. The minimum absolute atomic E-state index is 0. The van der Waals surface area contributed by atoms with E-state index in [0.717, 1.165) is 0 Å². The van der Waals surface area contributed by atoms with Gasteiger partial charge in [-0.3, -0.25) is 9.11 Å². The van der Waals surface area contributed by atoms with Crippen LogP contribution in [0.25, 0.3) is 0 Å². The summed E-state index contributed by atoms with van der Waals surface area (Å²) in [5.74, 6) is 0. The summed E-state index contributed by atoms with van der Waals surface area (Å²) in [7, 11) is -4.67. The zero-order valence-electron chi connectivity index (χ0n) is 15.4. The van der Waals surface area contributed by atoms with Crippen molar-refractivity contribution in [2.24, 2.45) is 0 Å². The van der Waals surface area contributed by atoms with Gasteiger partial charge in [0.1, 0.15) is 0 Å². The summed E-state index contributed by atoms with van der Waals surface area (Å²) in [4.78, 5) is 0. The first-order valence-electron chi connectivity index (χ1n) is 8.67. The Balaban J connectivity index is -0.000000268. The molecule has 1 aromatic rings. The number of hydrogen-bond acceptors (Lipinski definition) is 2. The number of rotatable bonds is 11. The third-order valence-corrected chi connectivity index (χ3v) is 3.66. The first kappa shape index (κ1) is 34.4. The van der Waals surface area contributed by atoms with E-state index in [2.05, 4.69) is 37.3 Å². The second kappa shape index (κ2) is 24.0.